The molecule has 3 nitrogen and oxygen atoms in total. The van der Waals surface area contributed by atoms with Crippen molar-refractivity contribution in [2.75, 3.05) is 12.8 Å². The SMILES string of the molecule is CCS(=O)(=O)N(C)Cc1cccc(F)c1. The number of rotatable bonds is 4. The second-order valence-corrected chi connectivity index (χ2v) is 5.65. The molecule has 1 aromatic rings. The summed E-state index contributed by atoms with van der Waals surface area (Å²) in [5, 5.41) is 0. The molecular weight excluding hydrogens is 217 g/mol. The molecule has 0 bridgehead atoms. The van der Waals surface area contributed by atoms with E-state index in [0.29, 0.717) is 5.56 Å². The zero-order valence-corrected chi connectivity index (χ0v) is 9.59. The third-order valence-electron chi connectivity index (χ3n) is 2.13. The molecule has 84 valence electrons. The van der Waals surface area contributed by atoms with Gasteiger partial charge in [-0.1, -0.05) is 12.1 Å². The van der Waals surface area contributed by atoms with Gasteiger partial charge in [0.15, 0.2) is 0 Å². The molecular formula is C10H14FNO2S. The van der Waals surface area contributed by atoms with Crippen LogP contribution in [0.4, 0.5) is 4.39 Å². The van der Waals surface area contributed by atoms with Gasteiger partial charge in [0.25, 0.3) is 0 Å². The second kappa shape index (κ2) is 4.72. The van der Waals surface area contributed by atoms with E-state index < -0.39 is 10.0 Å². The molecule has 0 heterocycles. The predicted octanol–water partition coefficient (Wildman–Crippen LogP) is 1.61. The molecule has 0 aliphatic carbocycles. The Morgan fingerprint density at radius 2 is 2.07 bits per heavy atom. The van der Waals surface area contributed by atoms with E-state index >= 15 is 0 Å². The highest BCUT2D eigenvalue weighted by molar-refractivity contribution is 7.89. The normalized spacial score (nSPS) is 12.0. The summed E-state index contributed by atoms with van der Waals surface area (Å²) in [5.41, 5.74) is 0.648. The van der Waals surface area contributed by atoms with Crippen LogP contribution in [0.5, 0.6) is 0 Å². The first-order valence-corrected chi connectivity index (χ1v) is 6.25. The molecule has 0 radical (unpaired) electrons. The number of nitrogens with zero attached hydrogens (tertiary/aromatic N) is 1. The maximum Gasteiger partial charge on any atom is 0.213 e. The van der Waals surface area contributed by atoms with Crippen LogP contribution >= 0.6 is 0 Å². The van der Waals surface area contributed by atoms with Crippen LogP contribution in [0.2, 0.25) is 0 Å². The van der Waals surface area contributed by atoms with E-state index in [4.69, 9.17) is 0 Å². The molecule has 5 heteroatoms. The van der Waals surface area contributed by atoms with Gasteiger partial charge in [0.05, 0.1) is 5.75 Å². The zero-order chi connectivity index (χ0) is 11.5. The first-order chi connectivity index (χ1) is 6.95. The van der Waals surface area contributed by atoms with Crippen LogP contribution in [-0.2, 0) is 16.6 Å². The molecule has 1 rings (SSSR count). The Morgan fingerprint density at radius 3 is 2.60 bits per heavy atom. The van der Waals surface area contributed by atoms with Gasteiger partial charge in [-0.05, 0) is 24.6 Å². The molecule has 0 amide bonds. The fourth-order valence-corrected chi connectivity index (χ4v) is 2.00. The molecule has 15 heavy (non-hydrogen) atoms. The van der Waals surface area contributed by atoms with Crippen molar-refractivity contribution in [1.29, 1.82) is 0 Å². The number of hydrogen-bond acceptors (Lipinski definition) is 2. The van der Waals surface area contributed by atoms with Crippen molar-refractivity contribution in [3.63, 3.8) is 0 Å². The lowest BCUT2D eigenvalue weighted by atomic mass is 10.2. The van der Waals surface area contributed by atoms with E-state index in [0.717, 1.165) is 0 Å². The van der Waals surface area contributed by atoms with Crippen molar-refractivity contribution in [3.8, 4) is 0 Å². The summed E-state index contributed by atoms with van der Waals surface area (Å²) in [7, 11) is -1.71. The van der Waals surface area contributed by atoms with E-state index in [1.807, 2.05) is 0 Å². The lowest BCUT2D eigenvalue weighted by Crippen LogP contribution is -2.27. The summed E-state index contributed by atoms with van der Waals surface area (Å²) in [5.74, 6) is -0.298. The van der Waals surface area contributed by atoms with Gasteiger partial charge >= 0.3 is 0 Å². The zero-order valence-electron chi connectivity index (χ0n) is 8.77. The molecule has 1 aromatic carbocycles. The van der Waals surface area contributed by atoms with Crippen LogP contribution in [0.25, 0.3) is 0 Å². The van der Waals surface area contributed by atoms with E-state index in [2.05, 4.69) is 0 Å². The summed E-state index contributed by atoms with van der Waals surface area (Å²) in [6.07, 6.45) is 0. The third-order valence-corrected chi connectivity index (χ3v) is 3.94. The van der Waals surface area contributed by atoms with Crippen LogP contribution in [-0.4, -0.2) is 25.5 Å². The van der Waals surface area contributed by atoms with Crippen molar-refractivity contribution in [2.45, 2.75) is 13.5 Å². The molecule has 0 N–H and O–H groups in total. The van der Waals surface area contributed by atoms with E-state index in [-0.39, 0.29) is 18.1 Å². The van der Waals surface area contributed by atoms with Crippen molar-refractivity contribution in [3.05, 3.63) is 35.6 Å². The maximum atomic E-state index is 12.8. The topological polar surface area (TPSA) is 37.4 Å². The smallest absolute Gasteiger partial charge is 0.212 e. The lowest BCUT2D eigenvalue weighted by molar-refractivity contribution is 0.466. The van der Waals surface area contributed by atoms with Gasteiger partial charge in [0.2, 0.25) is 10.0 Å². The monoisotopic (exact) mass is 231 g/mol. The van der Waals surface area contributed by atoms with Crippen LogP contribution in [0.3, 0.4) is 0 Å². The third kappa shape index (κ3) is 3.28. The Labute approximate surface area is 89.6 Å². The highest BCUT2D eigenvalue weighted by Crippen LogP contribution is 2.09. The predicted molar refractivity (Wildman–Crippen MR) is 57.3 cm³/mol. The quantitative estimate of drug-likeness (QED) is 0.789. The Morgan fingerprint density at radius 1 is 1.40 bits per heavy atom. The summed E-state index contributed by atoms with van der Waals surface area (Å²) >= 11 is 0. The molecule has 0 fully saturated rings. The van der Waals surface area contributed by atoms with Gasteiger partial charge in [-0.3, -0.25) is 0 Å². The van der Waals surface area contributed by atoms with Crippen molar-refractivity contribution >= 4 is 10.0 Å². The van der Waals surface area contributed by atoms with Crippen LogP contribution in [0.1, 0.15) is 12.5 Å². The highest BCUT2D eigenvalue weighted by Gasteiger charge is 2.15. The number of hydrogen-bond donors (Lipinski definition) is 0. The summed E-state index contributed by atoms with van der Waals surface area (Å²) in [6, 6.07) is 5.93. The number of halogens is 1. The second-order valence-electron chi connectivity index (χ2n) is 3.29. The highest BCUT2D eigenvalue weighted by atomic mass is 32.2. The largest absolute Gasteiger partial charge is 0.213 e. The molecule has 0 unspecified atom stereocenters. The van der Waals surface area contributed by atoms with Crippen LogP contribution in [0.15, 0.2) is 24.3 Å². The Balaban J connectivity index is 2.79. The van der Waals surface area contributed by atoms with Crippen molar-refractivity contribution in [2.24, 2.45) is 0 Å². The fourth-order valence-electron chi connectivity index (χ4n) is 1.21. The summed E-state index contributed by atoms with van der Waals surface area (Å²) < 4.78 is 36.9. The van der Waals surface area contributed by atoms with Gasteiger partial charge in [0, 0.05) is 13.6 Å². The first kappa shape index (κ1) is 12.1. The summed E-state index contributed by atoms with van der Waals surface area (Å²) in [6.45, 7) is 1.78. The maximum absolute atomic E-state index is 12.8. The minimum Gasteiger partial charge on any atom is -0.212 e. The summed E-state index contributed by atoms with van der Waals surface area (Å²) in [4.78, 5) is 0. The van der Waals surface area contributed by atoms with Crippen molar-refractivity contribution < 1.29 is 12.8 Å². The van der Waals surface area contributed by atoms with Gasteiger partial charge in [-0.2, -0.15) is 0 Å². The van der Waals surface area contributed by atoms with E-state index in [9.17, 15) is 12.8 Å². The Kier molecular flexibility index (Phi) is 3.82. The van der Waals surface area contributed by atoms with Gasteiger partial charge in [-0.15, -0.1) is 0 Å². The molecule has 0 aliphatic heterocycles. The molecule has 0 atom stereocenters. The minimum atomic E-state index is -3.20. The minimum absolute atomic E-state index is 0.0544. The van der Waals surface area contributed by atoms with Crippen LogP contribution in [0, 0.1) is 5.82 Å². The van der Waals surface area contributed by atoms with E-state index in [1.54, 1.807) is 19.1 Å². The standard InChI is InChI=1S/C10H14FNO2S/c1-3-15(13,14)12(2)8-9-5-4-6-10(11)7-9/h4-7H,3,8H2,1-2H3. The molecule has 0 saturated heterocycles. The van der Waals surface area contributed by atoms with Crippen LogP contribution < -0.4 is 0 Å². The number of sulfonamides is 1. The molecule has 0 aliphatic rings. The number of benzene rings is 1. The Bertz CT molecular complexity index is 431. The van der Waals surface area contributed by atoms with Crippen molar-refractivity contribution in [1.82, 2.24) is 4.31 Å². The van der Waals surface area contributed by atoms with E-state index in [1.165, 1.54) is 23.5 Å². The molecule has 0 saturated carbocycles. The lowest BCUT2D eigenvalue weighted by Gasteiger charge is -2.15. The average Bonchev–Trinajstić information content (AvgIpc) is 2.17. The fraction of sp³-hybridized carbons (Fsp3) is 0.400. The van der Waals surface area contributed by atoms with Gasteiger partial charge in [-0.25, -0.2) is 17.1 Å². The molecule has 0 spiro atoms. The first-order valence-electron chi connectivity index (χ1n) is 4.64. The average molecular weight is 231 g/mol. The van der Waals surface area contributed by atoms with Gasteiger partial charge < -0.3 is 0 Å². The Hall–Kier alpha value is -0.940. The molecule has 0 aromatic heterocycles. The van der Waals surface area contributed by atoms with Gasteiger partial charge in [0.1, 0.15) is 5.82 Å².